The lowest BCUT2D eigenvalue weighted by atomic mass is 10.1. The van der Waals surface area contributed by atoms with Crippen molar-refractivity contribution in [1.82, 2.24) is 0 Å². The van der Waals surface area contributed by atoms with E-state index in [1.807, 2.05) is 30.3 Å². The molecule has 0 saturated carbocycles. The molecule has 2 aromatic carbocycles. The minimum Gasteiger partial charge on any atom is -0.502 e. The molecule has 5 nitrogen and oxygen atoms in total. The van der Waals surface area contributed by atoms with Crippen molar-refractivity contribution in [1.29, 1.82) is 0 Å². The highest BCUT2D eigenvalue weighted by atomic mass is 16.5. The van der Waals surface area contributed by atoms with E-state index in [0.29, 0.717) is 0 Å². The van der Waals surface area contributed by atoms with Crippen molar-refractivity contribution in [2.45, 2.75) is 6.61 Å². The number of ether oxygens (including phenoxy) is 2. The van der Waals surface area contributed by atoms with Crippen molar-refractivity contribution >= 4 is 5.78 Å². The van der Waals surface area contributed by atoms with Crippen molar-refractivity contribution in [2.24, 2.45) is 0 Å². The molecule has 21 heavy (non-hydrogen) atoms. The summed E-state index contributed by atoms with van der Waals surface area (Å²) >= 11 is 0. The average Bonchev–Trinajstić information content (AvgIpc) is 2.53. The summed E-state index contributed by atoms with van der Waals surface area (Å²) in [5.74, 6) is -0.575. The number of carbonyl (C=O) groups is 1. The lowest BCUT2D eigenvalue weighted by Crippen LogP contribution is -2.07. The van der Waals surface area contributed by atoms with Crippen LogP contribution < -0.4 is 9.47 Å². The van der Waals surface area contributed by atoms with Gasteiger partial charge in [0, 0.05) is 0 Å². The maximum Gasteiger partial charge on any atom is 0.201 e. The summed E-state index contributed by atoms with van der Waals surface area (Å²) in [6, 6.07) is 12.4. The Morgan fingerprint density at radius 2 is 1.86 bits per heavy atom. The van der Waals surface area contributed by atoms with E-state index in [9.17, 15) is 9.90 Å². The summed E-state index contributed by atoms with van der Waals surface area (Å²) in [4.78, 5) is 11.6. The number of ketones is 1. The number of carbonyl (C=O) groups excluding carboxylic acids is 1. The van der Waals surface area contributed by atoms with E-state index >= 15 is 0 Å². The second-order valence-electron chi connectivity index (χ2n) is 4.35. The highest BCUT2D eigenvalue weighted by Crippen LogP contribution is 2.39. The fourth-order valence-corrected chi connectivity index (χ4v) is 1.92. The molecule has 0 atom stereocenters. The van der Waals surface area contributed by atoms with Gasteiger partial charge in [-0.2, -0.15) is 0 Å². The molecule has 2 aromatic rings. The van der Waals surface area contributed by atoms with E-state index in [1.54, 1.807) is 0 Å². The van der Waals surface area contributed by atoms with E-state index in [4.69, 9.17) is 14.6 Å². The van der Waals surface area contributed by atoms with Gasteiger partial charge in [0.25, 0.3) is 0 Å². The monoisotopic (exact) mass is 288 g/mol. The Morgan fingerprint density at radius 3 is 2.48 bits per heavy atom. The summed E-state index contributed by atoms with van der Waals surface area (Å²) in [5.41, 5.74) is 1.07. The number of hydrogen-bond donors (Lipinski definition) is 2. The predicted molar refractivity (Wildman–Crippen MR) is 76.8 cm³/mol. The van der Waals surface area contributed by atoms with Gasteiger partial charge in [-0.1, -0.05) is 30.3 Å². The maximum atomic E-state index is 11.6. The first-order valence-electron chi connectivity index (χ1n) is 6.38. The second-order valence-corrected chi connectivity index (χ2v) is 4.35. The van der Waals surface area contributed by atoms with Crippen molar-refractivity contribution in [3.05, 3.63) is 53.6 Å². The van der Waals surface area contributed by atoms with Gasteiger partial charge in [0.2, 0.25) is 5.75 Å². The highest BCUT2D eigenvalue weighted by molar-refractivity contribution is 6.00. The van der Waals surface area contributed by atoms with Crippen LogP contribution in [0, 0.1) is 0 Å². The summed E-state index contributed by atoms with van der Waals surface area (Å²) < 4.78 is 10.6. The Balaban J connectivity index is 2.23. The number of aliphatic hydroxyl groups is 1. The number of benzene rings is 2. The predicted octanol–water partition coefficient (Wildman–Crippen LogP) is 2.15. The first-order valence-corrected chi connectivity index (χ1v) is 6.38. The molecular formula is C16H16O5. The fourth-order valence-electron chi connectivity index (χ4n) is 1.92. The van der Waals surface area contributed by atoms with E-state index < -0.39 is 12.4 Å². The number of aromatic hydroxyl groups is 1. The Morgan fingerprint density at radius 1 is 1.14 bits per heavy atom. The number of hydrogen-bond acceptors (Lipinski definition) is 5. The van der Waals surface area contributed by atoms with Crippen LogP contribution in [-0.2, 0) is 6.61 Å². The van der Waals surface area contributed by atoms with Gasteiger partial charge in [0.15, 0.2) is 17.3 Å². The van der Waals surface area contributed by atoms with Crippen LogP contribution in [0.2, 0.25) is 0 Å². The van der Waals surface area contributed by atoms with E-state index in [0.717, 1.165) is 5.56 Å². The van der Waals surface area contributed by atoms with Crippen LogP contribution in [0.5, 0.6) is 17.2 Å². The quantitative estimate of drug-likeness (QED) is 0.797. The molecule has 0 aliphatic rings. The van der Waals surface area contributed by atoms with Crippen molar-refractivity contribution < 1.29 is 24.5 Å². The molecule has 5 heteroatoms. The highest BCUT2D eigenvalue weighted by Gasteiger charge is 2.19. The molecule has 0 fully saturated rings. The zero-order chi connectivity index (χ0) is 15.2. The van der Waals surface area contributed by atoms with Crippen LogP contribution in [0.15, 0.2) is 42.5 Å². The van der Waals surface area contributed by atoms with Crippen molar-refractivity contribution in [3.8, 4) is 17.2 Å². The average molecular weight is 288 g/mol. The minimum absolute atomic E-state index is 0.000360. The molecule has 0 aliphatic carbocycles. The third-order valence-electron chi connectivity index (χ3n) is 2.98. The SMILES string of the molecule is COc1c(C(=O)CO)ccc(OCc2ccccc2)c1O. The van der Waals surface area contributed by atoms with E-state index in [1.165, 1.54) is 19.2 Å². The minimum atomic E-state index is -0.653. The number of methoxy groups -OCH3 is 1. The van der Waals surface area contributed by atoms with Crippen LogP contribution in [0.4, 0.5) is 0 Å². The summed E-state index contributed by atoms with van der Waals surface area (Å²) in [5, 5.41) is 19.0. The van der Waals surface area contributed by atoms with Crippen LogP contribution in [-0.4, -0.2) is 29.7 Å². The molecule has 0 unspecified atom stereocenters. The molecule has 0 saturated heterocycles. The van der Waals surface area contributed by atoms with Gasteiger partial charge in [0.1, 0.15) is 13.2 Å². The summed E-state index contributed by atoms with van der Waals surface area (Å²) in [7, 11) is 1.34. The smallest absolute Gasteiger partial charge is 0.201 e. The van der Waals surface area contributed by atoms with Crippen molar-refractivity contribution in [3.63, 3.8) is 0 Å². The Kier molecular flexibility index (Phi) is 4.79. The zero-order valence-electron chi connectivity index (χ0n) is 11.6. The number of phenolic OH excluding ortho intramolecular Hbond substituents is 1. The largest absolute Gasteiger partial charge is 0.502 e. The zero-order valence-corrected chi connectivity index (χ0v) is 11.6. The molecule has 0 bridgehead atoms. The summed E-state index contributed by atoms with van der Waals surface area (Å²) in [6.07, 6.45) is 0. The van der Waals surface area contributed by atoms with Gasteiger partial charge in [0.05, 0.1) is 12.7 Å². The molecule has 0 amide bonds. The molecule has 2 N–H and O–H groups in total. The van der Waals surface area contributed by atoms with Crippen LogP contribution in [0.1, 0.15) is 15.9 Å². The third-order valence-corrected chi connectivity index (χ3v) is 2.98. The molecule has 0 spiro atoms. The van der Waals surface area contributed by atoms with Crippen molar-refractivity contribution in [2.75, 3.05) is 13.7 Å². The van der Waals surface area contributed by atoms with Gasteiger partial charge in [-0.25, -0.2) is 0 Å². The normalized spacial score (nSPS) is 10.2. The number of rotatable bonds is 6. The standard InChI is InChI=1S/C16H16O5/c1-20-16-12(13(18)9-17)7-8-14(15(16)19)21-10-11-5-3-2-4-6-11/h2-8,17,19H,9-10H2,1H3. The van der Waals surface area contributed by atoms with Crippen LogP contribution in [0.25, 0.3) is 0 Å². The maximum absolute atomic E-state index is 11.6. The Hall–Kier alpha value is -2.53. The van der Waals surface area contributed by atoms with E-state index in [-0.39, 0.29) is 29.4 Å². The molecule has 110 valence electrons. The molecule has 0 radical (unpaired) electrons. The molecule has 2 rings (SSSR count). The third kappa shape index (κ3) is 3.32. The lowest BCUT2D eigenvalue weighted by molar-refractivity contribution is 0.0899. The number of Topliss-reactive ketones (excluding diaryl/α,β-unsaturated/α-hetero) is 1. The second kappa shape index (κ2) is 6.76. The first-order chi connectivity index (χ1) is 10.2. The Labute approximate surface area is 122 Å². The topological polar surface area (TPSA) is 76.0 Å². The number of phenols is 1. The molecule has 0 aliphatic heterocycles. The van der Waals surface area contributed by atoms with Gasteiger partial charge in [-0.3, -0.25) is 4.79 Å². The van der Waals surface area contributed by atoms with Gasteiger partial charge in [-0.15, -0.1) is 0 Å². The van der Waals surface area contributed by atoms with E-state index in [2.05, 4.69) is 0 Å². The van der Waals surface area contributed by atoms with Gasteiger partial charge < -0.3 is 19.7 Å². The van der Waals surface area contributed by atoms with Gasteiger partial charge in [-0.05, 0) is 17.7 Å². The molecular weight excluding hydrogens is 272 g/mol. The van der Waals surface area contributed by atoms with Crippen LogP contribution in [0.3, 0.4) is 0 Å². The van der Waals surface area contributed by atoms with Crippen LogP contribution >= 0.6 is 0 Å². The number of aliphatic hydroxyl groups excluding tert-OH is 1. The first kappa shape index (κ1) is 14.9. The Bertz CT molecular complexity index is 622. The summed E-state index contributed by atoms with van der Waals surface area (Å²) in [6.45, 7) is -0.370. The molecule has 0 aromatic heterocycles. The molecule has 0 heterocycles. The lowest BCUT2D eigenvalue weighted by Gasteiger charge is -2.13. The van der Waals surface area contributed by atoms with Gasteiger partial charge >= 0.3 is 0 Å². The fraction of sp³-hybridized carbons (Fsp3) is 0.188.